The summed E-state index contributed by atoms with van der Waals surface area (Å²) in [6, 6.07) is -0.354. The average Bonchev–Trinajstić information content (AvgIpc) is 2.87. The zero-order valence-corrected chi connectivity index (χ0v) is 11.7. The van der Waals surface area contributed by atoms with Crippen molar-refractivity contribution in [3.63, 3.8) is 0 Å². The van der Waals surface area contributed by atoms with Crippen molar-refractivity contribution in [3.05, 3.63) is 0 Å². The van der Waals surface area contributed by atoms with Crippen LogP contribution in [0.5, 0.6) is 0 Å². The highest BCUT2D eigenvalue weighted by molar-refractivity contribution is 5.83. The van der Waals surface area contributed by atoms with E-state index >= 15 is 0 Å². The molecule has 2 atom stereocenters. The Morgan fingerprint density at radius 3 is 2.47 bits per heavy atom. The number of likely N-dealkylation sites (N-methyl/N-ethyl adjacent to an activating group) is 1. The van der Waals surface area contributed by atoms with Gasteiger partial charge in [0.05, 0.1) is 0 Å². The van der Waals surface area contributed by atoms with E-state index in [1.54, 1.807) is 9.80 Å². The zero-order chi connectivity index (χ0) is 14.0. The molecular weight excluding hydrogens is 246 g/mol. The maximum Gasteiger partial charge on any atom is 0.326 e. The molecule has 2 saturated heterocycles. The van der Waals surface area contributed by atoms with Gasteiger partial charge in [0.2, 0.25) is 0 Å². The van der Waals surface area contributed by atoms with Gasteiger partial charge in [0, 0.05) is 25.7 Å². The first-order valence-corrected chi connectivity index (χ1v) is 6.95. The maximum atomic E-state index is 12.5. The number of nitrogens with zero attached hydrogens (tertiary/aromatic N) is 3. The molecule has 2 amide bonds. The molecule has 2 fully saturated rings. The molecule has 6 nitrogen and oxygen atoms in total. The zero-order valence-electron chi connectivity index (χ0n) is 11.7. The number of aliphatic carboxylic acids is 1. The summed E-state index contributed by atoms with van der Waals surface area (Å²) in [4.78, 5) is 29.2. The lowest BCUT2D eigenvalue weighted by molar-refractivity contribution is -0.143. The molecule has 1 N–H and O–H groups in total. The highest BCUT2D eigenvalue weighted by Gasteiger charge is 2.37. The van der Waals surface area contributed by atoms with Crippen LogP contribution < -0.4 is 0 Å². The van der Waals surface area contributed by atoms with E-state index < -0.39 is 12.0 Å². The van der Waals surface area contributed by atoms with E-state index in [0.29, 0.717) is 25.6 Å². The van der Waals surface area contributed by atoms with Crippen molar-refractivity contribution in [2.45, 2.75) is 37.8 Å². The summed E-state index contributed by atoms with van der Waals surface area (Å²) in [5.74, 6) is -0.878. The van der Waals surface area contributed by atoms with Gasteiger partial charge in [-0.15, -0.1) is 0 Å². The number of carbonyl (C=O) groups is 2. The van der Waals surface area contributed by atoms with E-state index in [4.69, 9.17) is 0 Å². The third-order valence-corrected chi connectivity index (χ3v) is 4.20. The number of rotatable bonds is 2. The number of amides is 2. The predicted molar refractivity (Wildman–Crippen MR) is 71.0 cm³/mol. The molecule has 0 aromatic rings. The van der Waals surface area contributed by atoms with Crippen LogP contribution in [-0.4, -0.2) is 77.6 Å². The molecule has 6 heteroatoms. The third-order valence-electron chi connectivity index (χ3n) is 4.20. The Balaban J connectivity index is 2.00. The summed E-state index contributed by atoms with van der Waals surface area (Å²) in [6.07, 6.45) is 3.33. The number of hydrogen-bond acceptors (Lipinski definition) is 3. The molecule has 2 aliphatic rings. The second-order valence-corrected chi connectivity index (χ2v) is 5.68. The molecule has 19 heavy (non-hydrogen) atoms. The fourth-order valence-electron chi connectivity index (χ4n) is 2.94. The lowest BCUT2D eigenvalue weighted by Crippen LogP contribution is -2.53. The minimum Gasteiger partial charge on any atom is -0.480 e. The number of likely N-dealkylation sites (tertiary alicyclic amines) is 2. The molecule has 0 aliphatic carbocycles. The van der Waals surface area contributed by atoms with E-state index in [9.17, 15) is 14.7 Å². The van der Waals surface area contributed by atoms with Gasteiger partial charge in [0.25, 0.3) is 0 Å². The molecule has 0 spiro atoms. The van der Waals surface area contributed by atoms with Gasteiger partial charge < -0.3 is 19.8 Å². The third kappa shape index (κ3) is 3.00. The SMILES string of the molecule is CN(C)C1CCN(C(=O)N2CCCCC2C(=O)O)C1. The predicted octanol–water partition coefficient (Wildman–Crippen LogP) is 0.681. The Hall–Kier alpha value is -1.30. The number of carboxylic acid groups (broad SMARTS) is 1. The fraction of sp³-hybridized carbons (Fsp3) is 0.846. The van der Waals surface area contributed by atoms with Gasteiger partial charge in [-0.05, 0) is 39.8 Å². The molecule has 2 unspecified atom stereocenters. The first-order chi connectivity index (χ1) is 9.00. The maximum absolute atomic E-state index is 12.5. The highest BCUT2D eigenvalue weighted by atomic mass is 16.4. The summed E-state index contributed by atoms with van der Waals surface area (Å²) in [5.41, 5.74) is 0. The topological polar surface area (TPSA) is 64.1 Å². The normalized spacial score (nSPS) is 27.9. The summed E-state index contributed by atoms with van der Waals surface area (Å²) in [5, 5.41) is 9.22. The second kappa shape index (κ2) is 5.77. The summed E-state index contributed by atoms with van der Waals surface area (Å²) < 4.78 is 0. The van der Waals surface area contributed by atoms with Crippen molar-refractivity contribution in [1.82, 2.24) is 14.7 Å². The van der Waals surface area contributed by atoms with Gasteiger partial charge in [-0.3, -0.25) is 0 Å². The minimum absolute atomic E-state index is 0.101. The van der Waals surface area contributed by atoms with E-state index in [1.807, 2.05) is 14.1 Å². The highest BCUT2D eigenvalue weighted by Crippen LogP contribution is 2.22. The number of carbonyl (C=O) groups excluding carboxylic acids is 1. The van der Waals surface area contributed by atoms with Crippen LogP contribution in [0.25, 0.3) is 0 Å². The van der Waals surface area contributed by atoms with E-state index in [0.717, 1.165) is 25.8 Å². The van der Waals surface area contributed by atoms with Crippen LogP contribution in [0.4, 0.5) is 4.79 Å². The average molecular weight is 269 g/mol. The lowest BCUT2D eigenvalue weighted by atomic mass is 10.0. The van der Waals surface area contributed by atoms with Gasteiger partial charge in [0.1, 0.15) is 6.04 Å². The van der Waals surface area contributed by atoms with Crippen molar-refractivity contribution in [2.24, 2.45) is 0 Å². The van der Waals surface area contributed by atoms with Gasteiger partial charge >= 0.3 is 12.0 Å². The smallest absolute Gasteiger partial charge is 0.326 e. The van der Waals surface area contributed by atoms with Gasteiger partial charge in [0.15, 0.2) is 0 Å². The van der Waals surface area contributed by atoms with E-state index in [2.05, 4.69) is 4.90 Å². The van der Waals surface area contributed by atoms with Crippen LogP contribution in [-0.2, 0) is 4.79 Å². The molecular formula is C13H23N3O3. The number of urea groups is 1. The molecule has 2 rings (SSSR count). The number of carboxylic acids is 1. The summed E-state index contributed by atoms with van der Waals surface area (Å²) in [6.45, 7) is 2.00. The van der Waals surface area contributed by atoms with Crippen LogP contribution in [0.2, 0.25) is 0 Å². The fourth-order valence-corrected chi connectivity index (χ4v) is 2.94. The van der Waals surface area contributed by atoms with E-state index in [1.165, 1.54) is 0 Å². The van der Waals surface area contributed by atoms with Crippen LogP contribution >= 0.6 is 0 Å². The Labute approximate surface area is 114 Å². The Bertz CT molecular complexity index is 359. The van der Waals surface area contributed by atoms with E-state index in [-0.39, 0.29) is 6.03 Å². The molecule has 0 aromatic heterocycles. The van der Waals surface area contributed by atoms with Gasteiger partial charge in [-0.1, -0.05) is 0 Å². The number of hydrogen-bond donors (Lipinski definition) is 1. The van der Waals surface area contributed by atoms with Crippen molar-refractivity contribution < 1.29 is 14.7 Å². The first-order valence-electron chi connectivity index (χ1n) is 6.95. The van der Waals surface area contributed by atoms with Crippen LogP contribution in [0.3, 0.4) is 0 Å². The van der Waals surface area contributed by atoms with Gasteiger partial charge in [-0.2, -0.15) is 0 Å². The Kier molecular flexibility index (Phi) is 4.29. The molecule has 0 aromatic carbocycles. The van der Waals surface area contributed by atoms with Crippen LogP contribution in [0.15, 0.2) is 0 Å². The lowest BCUT2D eigenvalue weighted by Gasteiger charge is -2.35. The van der Waals surface area contributed by atoms with Crippen molar-refractivity contribution in [1.29, 1.82) is 0 Å². The van der Waals surface area contributed by atoms with Crippen molar-refractivity contribution >= 4 is 12.0 Å². The summed E-state index contributed by atoms with van der Waals surface area (Å²) >= 11 is 0. The second-order valence-electron chi connectivity index (χ2n) is 5.68. The van der Waals surface area contributed by atoms with Gasteiger partial charge in [-0.25, -0.2) is 9.59 Å². The molecule has 0 saturated carbocycles. The quantitative estimate of drug-likeness (QED) is 0.801. The standard InChI is InChI=1S/C13H23N3O3/c1-14(2)10-6-8-15(9-10)13(19)16-7-4-3-5-11(16)12(17)18/h10-11H,3-9H2,1-2H3,(H,17,18). The summed E-state index contributed by atoms with van der Waals surface area (Å²) in [7, 11) is 4.03. The number of piperidine rings is 1. The first kappa shape index (κ1) is 14.1. The van der Waals surface area contributed by atoms with Crippen molar-refractivity contribution in [2.75, 3.05) is 33.7 Å². The monoisotopic (exact) mass is 269 g/mol. The molecule has 0 radical (unpaired) electrons. The minimum atomic E-state index is -0.878. The van der Waals surface area contributed by atoms with Crippen LogP contribution in [0, 0.1) is 0 Å². The van der Waals surface area contributed by atoms with Crippen molar-refractivity contribution in [3.8, 4) is 0 Å². The molecule has 2 heterocycles. The molecule has 2 aliphatic heterocycles. The molecule has 0 bridgehead atoms. The Morgan fingerprint density at radius 1 is 1.16 bits per heavy atom. The largest absolute Gasteiger partial charge is 0.480 e. The van der Waals surface area contributed by atoms with Crippen LogP contribution in [0.1, 0.15) is 25.7 Å². The molecule has 108 valence electrons. The Morgan fingerprint density at radius 2 is 1.89 bits per heavy atom.